The second kappa shape index (κ2) is 10.4. The first-order chi connectivity index (χ1) is 17.3. The fourth-order valence-corrected chi connectivity index (χ4v) is 6.67. The third kappa shape index (κ3) is 5.23. The van der Waals surface area contributed by atoms with Gasteiger partial charge >= 0.3 is 0 Å². The van der Waals surface area contributed by atoms with Gasteiger partial charge < -0.3 is 19.3 Å². The van der Waals surface area contributed by atoms with Crippen LogP contribution >= 0.6 is 0 Å². The van der Waals surface area contributed by atoms with Crippen LogP contribution in [0.1, 0.15) is 67.0 Å². The number of likely N-dealkylation sites (tertiary alicyclic amines) is 1. The maximum absolute atomic E-state index is 10.6. The van der Waals surface area contributed by atoms with Crippen LogP contribution in [0, 0.1) is 26.7 Å². The average molecular weight is 489 g/mol. The van der Waals surface area contributed by atoms with Gasteiger partial charge in [0.15, 0.2) is 5.76 Å². The van der Waals surface area contributed by atoms with Crippen molar-refractivity contribution >= 4 is 16.7 Å². The van der Waals surface area contributed by atoms with E-state index in [-0.39, 0.29) is 17.9 Å². The molecule has 5 rings (SSSR count). The van der Waals surface area contributed by atoms with Gasteiger partial charge in [0.05, 0.1) is 0 Å². The summed E-state index contributed by atoms with van der Waals surface area (Å²) in [4.78, 5) is 8.12. The predicted molar refractivity (Wildman–Crippen MR) is 146 cm³/mol. The highest BCUT2D eigenvalue weighted by Crippen LogP contribution is 2.51. The largest absolute Gasteiger partial charge is 0.455 e. The number of para-hydroxylation sites is 1. The Labute approximate surface area is 215 Å². The first kappa shape index (κ1) is 25.0. The first-order valence-electron chi connectivity index (χ1n) is 13.5. The van der Waals surface area contributed by atoms with Crippen molar-refractivity contribution in [3.05, 3.63) is 70.5 Å². The van der Waals surface area contributed by atoms with E-state index < -0.39 is 6.10 Å². The highest BCUT2D eigenvalue weighted by atomic mass is 16.6. The Balaban J connectivity index is 1.34. The number of benzene rings is 2. The number of aryl methyl sites for hydroxylation is 3. The molecule has 2 aromatic carbocycles. The van der Waals surface area contributed by atoms with Crippen molar-refractivity contribution in [1.82, 2.24) is 4.90 Å². The van der Waals surface area contributed by atoms with E-state index in [1.165, 1.54) is 41.5 Å². The zero-order valence-corrected chi connectivity index (χ0v) is 22.2. The summed E-state index contributed by atoms with van der Waals surface area (Å²) in [7, 11) is 0. The minimum atomic E-state index is -0.548. The summed E-state index contributed by atoms with van der Waals surface area (Å²) in [5.74, 6) is 1.01. The smallest absolute Gasteiger partial charge is 0.153 e. The molecule has 192 valence electrons. The van der Waals surface area contributed by atoms with E-state index in [0.29, 0.717) is 6.54 Å². The van der Waals surface area contributed by atoms with Gasteiger partial charge in [-0.05, 0) is 93.8 Å². The van der Waals surface area contributed by atoms with Gasteiger partial charge in [0.25, 0.3) is 0 Å². The number of furan rings is 1. The van der Waals surface area contributed by atoms with Gasteiger partial charge in [-0.25, -0.2) is 0 Å². The second-order valence-corrected chi connectivity index (χ2v) is 11.4. The van der Waals surface area contributed by atoms with E-state index in [4.69, 9.17) is 9.25 Å². The molecule has 1 atom stereocenters. The van der Waals surface area contributed by atoms with E-state index in [1.807, 2.05) is 18.2 Å². The Morgan fingerprint density at radius 3 is 2.47 bits per heavy atom. The summed E-state index contributed by atoms with van der Waals surface area (Å²) >= 11 is 0. The van der Waals surface area contributed by atoms with Crippen molar-refractivity contribution in [2.24, 2.45) is 11.1 Å². The lowest BCUT2D eigenvalue weighted by atomic mass is 9.57. The molecule has 1 saturated heterocycles. The van der Waals surface area contributed by atoms with Crippen LogP contribution in [0.3, 0.4) is 0 Å². The van der Waals surface area contributed by atoms with Crippen LogP contribution < -0.4 is 0 Å². The van der Waals surface area contributed by atoms with E-state index in [1.54, 1.807) is 0 Å². The van der Waals surface area contributed by atoms with Gasteiger partial charge in [0, 0.05) is 17.8 Å². The lowest BCUT2D eigenvalue weighted by Crippen LogP contribution is -2.43. The fraction of sp³-hybridized carbons (Fsp3) is 0.516. The number of aliphatic hydroxyl groups is 1. The Morgan fingerprint density at radius 2 is 1.78 bits per heavy atom. The Hall–Kier alpha value is -2.63. The minimum Gasteiger partial charge on any atom is -0.455 e. The Kier molecular flexibility index (Phi) is 7.23. The highest BCUT2D eigenvalue weighted by Gasteiger charge is 2.46. The van der Waals surface area contributed by atoms with Gasteiger partial charge in [-0.15, -0.1) is 0 Å². The third-order valence-electron chi connectivity index (χ3n) is 8.09. The van der Waals surface area contributed by atoms with Gasteiger partial charge in [-0.2, -0.15) is 0 Å². The zero-order valence-electron chi connectivity index (χ0n) is 22.2. The normalized spacial score (nSPS) is 24.0. The number of hydrogen-bond donors (Lipinski definition) is 1. The van der Waals surface area contributed by atoms with Crippen molar-refractivity contribution in [2.45, 2.75) is 71.3 Å². The number of hydrogen-bond acceptors (Lipinski definition) is 5. The molecule has 1 saturated carbocycles. The molecule has 1 aliphatic carbocycles. The number of rotatable bonds is 8. The van der Waals surface area contributed by atoms with Gasteiger partial charge in [0.2, 0.25) is 0 Å². The Bertz CT molecular complexity index is 1180. The molecule has 36 heavy (non-hydrogen) atoms. The first-order valence-corrected chi connectivity index (χ1v) is 13.5. The summed E-state index contributed by atoms with van der Waals surface area (Å²) in [6.07, 6.45) is 5.15. The molecule has 1 aliphatic heterocycles. The van der Waals surface area contributed by atoms with Crippen LogP contribution in [0.25, 0.3) is 11.0 Å². The number of aliphatic hydroxyl groups excluding tert-OH is 1. The molecule has 5 nitrogen and oxygen atoms in total. The Morgan fingerprint density at radius 1 is 1.08 bits per heavy atom. The van der Waals surface area contributed by atoms with Crippen LogP contribution in [0.15, 0.2) is 52.0 Å². The molecule has 0 spiro atoms. The number of oxime groups is 1. The molecule has 1 unspecified atom stereocenters. The molecule has 2 fully saturated rings. The number of fused-ring (bicyclic) bond motifs is 1. The molecule has 0 amide bonds. The summed E-state index contributed by atoms with van der Waals surface area (Å²) < 4.78 is 6.22. The molecule has 3 aromatic rings. The minimum absolute atomic E-state index is 0.104. The summed E-state index contributed by atoms with van der Waals surface area (Å²) in [5.41, 5.74) is 7.34. The van der Waals surface area contributed by atoms with Crippen LogP contribution in [0.2, 0.25) is 0 Å². The monoisotopic (exact) mass is 488 g/mol. The summed E-state index contributed by atoms with van der Waals surface area (Å²) in [5, 5.41) is 16.2. The lowest BCUT2D eigenvalue weighted by Gasteiger charge is -2.47. The van der Waals surface area contributed by atoms with E-state index in [0.717, 1.165) is 48.4 Å². The van der Waals surface area contributed by atoms with Gasteiger partial charge in [-0.1, -0.05) is 54.4 Å². The molecule has 0 radical (unpaired) electrons. The topological polar surface area (TPSA) is 58.2 Å². The standard InChI is InChI=1S/C31H40N2O3/c1-21-14-22(2)29(23(3)15-21)31(4)17-25(18-31)30(28-16-24-10-6-7-11-27(24)36-28)32-35-20-26(34)19-33-12-8-5-9-13-33/h6-7,10-11,14-16,25-26,34H,5,8-9,12-13,17-20H2,1-4H3. The zero-order chi connectivity index (χ0) is 25.3. The maximum Gasteiger partial charge on any atom is 0.153 e. The van der Waals surface area contributed by atoms with Crippen molar-refractivity contribution in [1.29, 1.82) is 0 Å². The van der Waals surface area contributed by atoms with Crippen LogP contribution in [0.5, 0.6) is 0 Å². The van der Waals surface area contributed by atoms with Crippen LogP contribution in [0.4, 0.5) is 0 Å². The average Bonchev–Trinajstić information content (AvgIpc) is 3.24. The maximum atomic E-state index is 10.6. The SMILES string of the molecule is Cc1cc(C)c(C2(C)CC(C(=NOCC(O)CN3CCCCC3)c3cc4ccccc4o3)C2)c(C)c1. The van der Waals surface area contributed by atoms with E-state index in [2.05, 4.69) is 62.0 Å². The third-order valence-corrected chi connectivity index (χ3v) is 8.09. The number of piperidine rings is 1. The van der Waals surface area contributed by atoms with Crippen molar-refractivity contribution in [3.63, 3.8) is 0 Å². The van der Waals surface area contributed by atoms with Crippen LogP contribution in [-0.2, 0) is 10.3 Å². The summed E-state index contributed by atoms with van der Waals surface area (Å²) in [6, 6.07) is 14.7. The summed E-state index contributed by atoms with van der Waals surface area (Å²) in [6.45, 7) is 12.0. The van der Waals surface area contributed by atoms with Gasteiger partial charge in [0.1, 0.15) is 24.0 Å². The molecule has 1 aromatic heterocycles. The van der Waals surface area contributed by atoms with Crippen molar-refractivity contribution in [3.8, 4) is 0 Å². The number of β-amino-alcohol motifs (C(OH)–C–C–N with tert-alkyl or cyclic N) is 1. The molecular weight excluding hydrogens is 448 g/mol. The molecule has 0 bridgehead atoms. The van der Waals surface area contributed by atoms with Crippen molar-refractivity contribution < 1.29 is 14.4 Å². The lowest BCUT2D eigenvalue weighted by molar-refractivity contribution is 0.0146. The molecular formula is C31H40N2O3. The van der Waals surface area contributed by atoms with Crippen LogP contribution in [-0.4, -0.2) is 48.1 Å². The quantitative estimate of drug-likeness (QED) is 0.299. The fourth-order valence-electron chi connectivity index (χ4n) is 6.67. The molecule has 1 N–H and O–H groups in total. The van der Waals surface area contributed by atoms with Crippen molar-refractivity contribution in [2.75, 3.05) is 26.2 Å². The predicted octanol–water partition coefficient (Wildman–Crippen LogP) is 6.29. The second-order valence-electron chi connectivity index (χ2n) is 11.4. The van der Waals surface area contributed by atoms with Gasteiger partial charge in [-0.3, -0.25) is 0 Å². The van der Waals surface area contributed by atoms with E-state index in [9.17, 15) is 5.11 Å². The molecule has 5 heteroatoms. The van der Waals surface area contributed by atoms with E-state index >= 15 is 0 Å². The molecule has 2 aliphatic rings. The highest BCUT2D eigenvalue weighted by molar-refractivity contribution is 6.03. The number of nitrogens with zero attached hydrogens (tertiary/aromatic N) is 2. The molecule has 2 heterocycles.